The molecule has 0 bridgehead atoms. The number of hydrogen-bond acceptors (Lipinski definition) is 2. The lowest BCUT2D eigenvalue weighted by atomic mass is 9.99. The van der Waals surface area contributed by atoms with Crippen molar-refractivity contribution in [3.63, 3.8) is 0 Å². The van der Waals surface area contributed by atoms with Gasteiger partial charge in [-0.05, 0) is 29.2 Å². The minimum absolute atomic E-state index is 0.241. The molecule has 0 aliphatic rings. The fourth-order valence-electron chi connectivity index (χ4n) is 2.96. The minimum Gasteiger partial charge on any atom is -0.327 e. The summed E-state index contributed by atoms with van der Waals surface area (Å²) in [6.45, 7) is 9.11. The predicted molar refractivity (Wildman–Crippen MR) is 106 cm³/mol. The van der Waals surface area contributed by atoms with Crippen molar-refractivity contribution >= 4 is 22.5 Å². The molecule has 23 heavy (non-hydrogen) atoms. The zero-order valence-electron chi connectivity index (χ0n) is 15.0. The first kappa shape index (κ1) is 18.4. The Morgan fingerprint density at radius 2 is 1.74 bits per heavy atom. The van der Waals surface area contributed by atoms with Gasteiger partial charge in [0.2, 0.25) is 0 Å². The number of nitrogens with two attached hydrogens (primary N) is 1. The zero-order valence-corrected chi connectivity index (χ0v) is 15.8. The van der Waals surface area contributed by atoms with Crippen LogP contribution in [-0.2, 0) is 6.42 Å². The van der Waals surface area contributed by atoms with Gasteiger partial charge in [-0.15, -0.1) is 0 Å². The largest absolute Gasteiger partial charge is 0.327 e. The third-order valence-electron chi connectivity index (χ3n) is 4.12. The van der Waals surface area contributed by atoms with Gasteiger partial charge in [-0.1, -0.05) is 83.0 Å². The van der Waals surface area contributed by atoms with Crippen molar-refractivity contribution < 1.29 is 0 Å². The third kappa shape index (κ3) is 5.86. The van der Waals surface area contributed by atoms with Gasteiger partial charge < -0.3 is 5.73 Å². The van der Waals surface area contributed by atoms with Crippen LogP contribution in [-0.4, -0.2) is 16.0 Å². The SMILES string of the molecule is CCCC[C@@H](N)[C@H](Cc1ccc2ccccc2c1)SC(C)(C)C. The molecule has 0 aliphatic carbocycles. The number of benzene rings is 2. The number of rotatable bonds is 7. The summed E-state index contributed by atoms with van der Waals surface area (Å²) in [6.07, 6.45) is 4.62. The molecule has 126 valence electrons. The van der Waals surface area contributed by atoms with Crippen molar-refractivity contribution in [2.45, 2.75) is 69.4 Å². The van der Waals surface area contributed by atoms with Crippen molar-refractivity contribution in [1.29, 1.82) is 0 Å². The second kappa shape index (κ2) is 8.21. The molecule has 2 N–H and O–H groups in total. The molecule has 0 heterocycles. The van der Waals surface area contributed by atoms with Crippen molar-refractivity contribution in [3.05, 3.63) is 48.0 Å². The van der Waals surface area contributed by atoms with E-state index in [2.05, 4.69) is 70.2 Å². The minimum atomic E-state index is 0.241. The van der Waals surface area contributed by atoms with Crippen molar-refractivity contribution in [3.8, 4) is 0 Å². The molecule has 0 unspecified atom stereocenters. The highest BCUT2D eigenvalue weighted by Crippen LogP contribution is 2.33. The normalized spacial score (nSPS) is 14.8. The molecule has 0 saturated heterocycles. The summed E-state index contributed by atoms with van der Waals surface area (Å²) in [5.41, 5.74) is 7.95. The molecule has 1 nitrogen and oxygen atoms in total. The van der Waals surface area contributed by atoms with Gasteiger partial charge in [0.1, 0.15) is 0 Å². The molecule has 0 aromatic heterocycles. The average molecular weight is 330 g/mol. The summed E-state index contributed by atoms with van der Waals surface area (Å²) >= 11 is 2.04. The highest BCUT2D eigenvalue weighted by atomic mass is 32.2. The standard InChI is InChI=1S/C21H31NS/c1-5-6-11-19(22)20(23-21(2,3)4)15-16-12-13-17-9-7-8-10-18(17)14-16/h7-10,12-14,19-20H,5-6,11,15,22H2,1-4H3/t19-,20+/m1/s1. The molecule has 0 aliphatic heterocycles. The first-order valence-electron chi connectivity index (χ1n) is 8.80. The fraction of sp³-hybridized carbons (Fsp3) is 0.524. The summed E-state index contributed by atoms with van der Waals surface area (Å²) in [4.78, 5) is 0. The van der Waals surface area contributed by atoms with Gasteiger partial charge >= 0.3 is 0 Å². The summed E-state index contributed by atoms with van der Waals surface area (Å²) in [5.74, 6) is 0. The van der Waals surface area contributed by atoms with E-state index in [1.165, 1.54) is 29.2 Å². The van der Waals surface area contributed by atoms with Gasteiger partial charge in [-0.25, -0.2) is 0 Å². The van der Waals surface area contributed by atoms with Crippen LogP contribution >= 0.6 is 11.8 Å². The third-order valence-corrected chi connectivity index (χ3v) is 5.65. The molecule has 2 aromatic carbocycles. The Bertz CT molecular complexity index is 615. The van der Waals surface area contributed by atoms with Crippen molar-refractivity contribution in [2.24, 2.45) is 5.73 Å². The van der Waals surface area contributed by atoms with Crippen molar-refractivity contribution in [2.75, 3.05) is 0 Å². The van der Waals surface area contributed by atoms with Crippen LogP contribution in [0.25, 0.3) is 10.8 Å². The summed E-state index contributed by atoms with van der Waals surface area (Å²) in [7, 11) is 0. The van der Waals surface area contributed by atoms with Gasteiger partial charge in [0.15, 0.2) is 0 Å². The summed E-state index contributed by atoms with van der Waals surface area (Å²) < 4.78 is 0.241. The van der Waals surface area contributed by atoms with E-state index in [0.717, 1.165) is 12.8 Å². The first-order valence-corrected chi connectivity index (χ1v) is 9.68. The molecule has 2 heteroatoms. The highest BCUT2D eigenvalue weighted by Gasteiger charge is 2.24. The zero-order chi connectivity index (χ0) is 16.9. The lowest BCUT2D eigenvalue weighted by Crippen LogP contribution is -2.36. The number of unbranched alkanes of at least 4 members (excludes halogenated alkanes) is 1. The molecule has 2 aromatic rings. The van der Waals surface area contributed by atoms with Crippen LogP contribution in [0.1, 0.15) is 52.5 Å². The predicted octanol–water partition coefficient (Wildman–Crippen LogP) is 5.80. The Hall–Kier alpha value is -0.990. The summed E-state index contributed by atoms with van der Waals surface area (Å²) in [5, 5.41) is 3.11. The maximum atomic E-state index is 6.55. The second-order valence-corrected chi connectivity index (χ2v) is 9.53. The maximum absolute atomic E-state index is 6.55. The van der Waals surface area contributed by atoms with Gasteiger partial charge in [0.05, 0.1) is 0 Å². The molecule has 0 spiro atoms. The van der Waals surface area contributed by atoms with Crippen LogP contribution in [0.3, 0.4) is 0 Å². The quantitative estimate of drug-likeness (QED) is 0.694. The van der Waals surface area contributed by atoms with E-state index in [1.54, 1.807) is 0 Å². The lowest BCUT2D eigenvalue weighted by molar-refractivity contribution is 0.548. The van der Waals surface area contributed by atoms with E-state index in [4.69, 9.17) is 5.73 Å². The average Bonchev–Trinajstić information content (AvgIpc) is 2.50. The van der Waals surface area contributed by atoms with Crippen LogP contribution in [0.15, 0.2) is 42.5 Å². The maximum Gasteiger partial charge on any atom is 0.0244 e. The Morgan fingerprint density at radius 3 is 2.39 bits per heavy atom. The topological polar surface area (TPSA) is 26.0 Å². The van der Waals surface area contributed by atoms with E-state index in [1.807, 2.05) is 11.8 Å². The lowest BCUT2D eigenvalue weighted by Gasteiger charge is -2.30. The molecule has 0 saturated carbocycles. The van der Waals surface area contributed by atoms with Crippen LogP contribution < -0.4 is 5.73 Å². The molecular formula is C21H31NS. The van der Waals surface area contributed by atoms with Crippen LogP contribution in [0.2, 0.25) is 0 Å². The van der Waals surface area contributed by atoms with Gasteiger partial charge in [-0.3, -0.25) is 0 Å². The van der Waals surface area contributed by atoms with Gasteiger partial charge in [-0.2, -0.15) is 11.8 Å². The smallest absolute Gasteiger partial charge is 0.0244 e. The fourth-order valence-corrected chi connectivity index (χ4v) is 4.45. The van der Waals surface area contributed by atoms with E-state index in [9.17, 15) is 0 Å². The molecule has 2 rings (SSSR count). The molecular weight excluding hydrogens is 298 g/mol. The van der Waals surface area contributed by atoms with Gasteiger partial charge in [0.25, 0.3) is 0 Å². The molecule has 0 fully saturated rings. The highest BCUT2D eigenvalue weighted by molar-refractivity contribution is 8.01. The van der Waals surface area contributed by atoms with E-state index in [0.29, 0.717) is 5.25 Å². The Kier molecular flexibility index (Phi) is 6.55. The van der Waals surface area contributed by atoms with Crippen molar-refractivity contribution in [1.82, 2.24) is 0 Å². The molecule has 2 atom stereocenters. The van der Waals surface area contributed by atoms with E-state index >= 15 is 0 Å². The monoisotopic (exact) mass is 329 g/mol. The Labute approximate surface area is 146 Å². The Morgan fingerprint density at radius 1 is 1.04 bits per heavy atom. The second-order valence-electron chi connectivity index (χ2n) is 7.46. The van der Waals surface area contributed by atoms with Crippen LogP contribution in [0.4, 0.5) is 0 Å². The first-order chi connectivity index (χ1) is 10.9. The molecule has 0 radical (unpaired) electrons. The number of hydrogen-bond donors (Lipinski definition) is 1. The van der Waals surface area contributed by atoms with Gasteiger partial charge in [0, 0.05) is 16.0 Å². The molecule has 0 amide bonds. The summed E-state index contributed by atoms with van der Waals surface area (Å²) in [6, 6.07) is 15.7. The number of thioether (sulfide) groups is 1. The number of fused-ring (bicyclic) bond motifs is 1. The van der Waals surface area contributed by atoms with Crippen LogP contribution in [0, 0.1) is 0 Å². The van der Waals surface area contributed by atoms with E-state index in [-0.39, 0.29) is 10.8 Å². The Balaban J connectivity index is 2.16. The van der Waals surface area contributed by atoms with Crippen LogP contribution in [0.5, 0.6) is 0 Å². The van der Waals surface area contributed by atoms with E-state index < -0.39 is 0 Å².